The SMILES string of the molecule is CN(CC(=O)N1CCC[C@@H](Oc2cccnn2)C1)S(C)(=O)=O. The van der Waals surface area contributed by atoms with Crippen LogP contribution in [-0.4, -0.2) is 72.8 Å². The molecule has 1 amide bonds. The molecule has 0 bridgehead atoms. The predicted octanol–water partition coefficient (Wildman–Crippen LogP) is -0.262. The maximum absolute atomic E-state index is 12.2. The second-order valence-corrected chi connectivity index (χ2v) is 7.39. The van der Waals surface area contributed by atoms with E-state index < -0.39 is 10.0 Å². The fourth-order valence-corrected chi connectivity index (χ4v) is 2.53. The van der Waals surface area contributed by atoms with E-state index in [0.29, 0.717) is 19.0 Å². The van der Waals surface area contributed by atoms with Crippen LogP contribution in [0.5, 0.6) is 5.88 Å². The smallest absolute Gasteiger partial charge is 0.238 e. The average molecular weight is 328 g/mol. The highest BCUT2D eigenvalue weighted by Gasteiger charge is 2.27. The Hall–Kier alpha value is -1.74. The number of carbonyl (C=O) groups excluding carboxylic acids is 1. The summed E-state index contributed by atoms with van der Waals surface area (Å²) < 4.78 is 29.5. The van der Waals surface area contributed by atoms with E-state index in [-0.39, 0.29) is 18.6 Å². The number of piperidine rings is 1. The fourth-order valence-electron chi connectivity index (χ4n) is 2.19. The molecule has 0 aromatic carbocycles. The predicted molar refractivity (Wildman–Crippen MR) is 79.7 cm³/mol. The molecule has 0 spiro atoms. The van der Waals surface area contributed by atoms with Gasteiger partial charge in [0.1, 0.15) is 6.10 Å². The molecule has 0 N–H and O–H groups in total. The summed E-state index contributed by atoms with van der Waals surface area (Å²) in [7, 11) is -1.97. The fraction of sp³-hybridized carbons (Fsp3) is 0.615. The molecule has 0 aliphatic carbocycles. The molecule has 0 saturated carbocycles. The third kappa shape index (κ3) is 4.63. The molecule has 0 radical (unpaired) electrons. The molecule has 122 valence electrons. The zero-order valence-corrected chi connectivity index (χ0v) is 13.5. The van der Waals surface area contributed by atoms with Gasteiger partial charge in [-0.25, -0.2) is 8.42 Å². The monoisotopic (exact) mass is 328 g/mol. The lowest BCUT2D eigenvalue weighted by atomic mass is 10.1. The van der Waals surface area contributed by atoms with Gasteiger partial charge in [0, 0.05) is 25.9 Å². The van der Waals surface area contributed by atoms with E-state index in [9.17, 15) is 13.2 Å². The molecule has 1 aliphatic rings. The van der Waals surface area contributed by atoms with E-state index in [1.165, 1.54) is 7.05 Å². The molecule has 1 fully saturated rings. The highest BCUT2D eigenvalue weighted by atomic mass is 32.2. The molecule has 2 rings (SSSR count). The van der Waals surface area contributed by atoms with Crippen LogP contribution in [0.1, 0.15) is 12.8 Å². The normalized spacial score (nSPS) is 19.2. The van der Waals surface area contributed by atoms with E-state index in [0.717, 1.165) is 23.4 Å². The minimum atomic E-state index is -3.36. The second kappa shape index (κ2) is 7.01. The van der Waals surface area contributed by atoms with E-state index in [4.69, 9.17) is 4.74 Å². The Bertz CT molecular complexity index is 608. The Balaban J connectivity index is 1.91. The first-order valence-electron chi connectivity index (χ1n) is 6.99. The van der Waals surface area contributed by atoms with Gasteiger partial charge in [0.2, 0.25) is 21.8 Å². The lowest BCUT2D eigenvalue weighted by Gasteiger charge is -2.33. The third-order valence-electron chi connectivity index (χ3n) is 3.49. The van der Waals surface area contributed by atoms with Crippen molar-refractivity contribution in [2.75, 3.05) is 32.9 Å². The summed E-state index contributed by atoms with van der Waals surface area (Å²) in [6, 6.07) is 3.44. The summed E-state index contributed by atoms with van der Waals surface area (Å²) in [4.78, 5) is 13.8. The Morgan fingerprint density at radius 2 is 2.32 bits per heavy atom. The molecule has 0 unspecified atom stereocenters. The molecule has 1 saturated heterocycles. The lowest BCUT2D eigenvalue weighted by Crippen LogP contribution is -2.48. The molecule has 8 nitrogen and oxygen atoms in total. The Morgan fingerprint density at radius 1 is 1.55 bits per heavy atom. The van der Waals surface area contributed by atoms with Crippen molar-refractivity contribution in [3.63, 3.8) is 0 Å². The largest absolute Gasteiger partial charge is 0.471 e. The molecule has 1 aliphatic heterocycles. The third-order valence-corrected chi connectivity index (χ3v) is 4.75. The molecule has 1 aromatic heterocycles. The lowest BCUT2D eigenvalue weighted by molar-refractivity contribution is -0.133. The molecular weight excluding hydrogens is 308 g/mol. The molecule has 1 aromatic rings. The van der Waals surface area contributed by atoms with Crippen LogP contribution in [0.15, 0.2) is 18.3 Å². The first-order valence-corrected chi connectivity index (χ1v) is 8.84. The first kappa shape index (κ1) is 16.6. The molecular formula is C13H20N4O4S. The zero-order chi connectivity index (χ0) is 16.2. The maximum Gasteiger partial charge on any atom is 0.238 e. The second-order valence-electron chi connectivity index (χ2n) is 5.30. The number of hydrogen-bond donors (Lipinski definition) is 0. The molecule has 1 atom stereocenters. The van der Waals surface area contributed by atoms with Gasteiger partial charge in [-0.05, 0) is 18.9 Å². The van der Waals surface area contributed by atoms with Crippen LogP contribution < -0.4 is 4.74 Å². The van der Waals surface area contributed by atoms with Gasteiger partial charge in [-0.1, -0.05) is 0 Å². The zero-order valence-electron chi connectivity index (χ0n) is 12.7. The van der Waals surface area contributed by atoms with Crippen LogP contribution in [0.25, 0.3) is 0 Å². The Labute approximate surface area is 130 Å². The summed E-state index contributed by atoms with van der Waals surface area (Å²) >= 11 is 0. The number of aromatic nitrogens is 2. The van der Waals surface area contributed by atoms with Crippen molar-refractivity contribution in [3.05, 3.63) is 18.3 Å². The summed E-state index contributed by atoms with van der Waals surface area (Å²) in [5.74, 6) is 0.204. The molecule has 2 heterocycles. The molecule has 22 heavy (non-hydrogen) atoms. The summed E-state index contributed by atoms with van der Waals surface area (Å²) in [5, 5.41) is 7.60. The summed E-state index contributed by atoms with van der Waals surface area (Å²) in [6.45, 7) is 0.875. The standard InChI is InChI=1S/C13H20N4O4S/c1-16(22(2,19)20)10-13(18)17-8-4-5-11(9-17)21-12-6-3-7-14-15-12/h3,6-7,11H,4-5,8-10H2,1-2H3/t11-/m1/s1. The van der Waals surface area contributed by atoms with Crippen molar-refractivity contribution < 1.29 is 17.9 Å². The van der Waals surface area contributed by atoms with Gasteiger partial charge >= 0.3 is 0 Å². The number of nitrogens with zero attached hydrogens (tertiary/aromatic N) is 4. The van der Waals surface area contributed by atoms with Gasteiger partial charge in [-0.15, -0.1) is 5.10 Å². The van der Waals surface area contributed by atoms with Crippen LogP contribution in [0.2, 0.25) is 0 Å². The minimum Gasteiger partial charge on any atom is -0.471 e. The highest BCUT2D eigenvalue weighted by Crippen LogP contribution is 2.16. The number of likely N-dealkylation sites (tertiary alicyclic amines) is 1. The number of amides is 1. The van der Waals surface area contributed by atoms with Gasteiger partial charge in [0.05, 0.1) is 19.3 Å². The first-order chi connectivity index (χ1) is 10.4. The average Bonchev–Trinajstić information content (AvgIpc) is 2.47. The van der Waals surface area contributed by atoms with Crippen molar-refractivity contribution in [1.29, 1.82) is 0 Å². The van der Waals surface area contributed by atoms with Gasteiger partial charge in [0.15, 0.2) is 0 Å². The van der Waals surface area contributed by atoms with Gasteiger partial charge in [-0.2, -0.15) is 9.40 Å². The van der Waals surface area contributed by atoms with Gasteiger partial charge in [0.25, 0.3) is 0 Å². The van der Waals surface area contributed by atoms with Crippen molar-refractivity contribution in [2.45, 2.75) is 18.9 Å². The van der Waals surface area contributed by atoms with Crippen molar-refractivity contribution >= 4 is 15.9 Å². The Kier molecular flexibility index (Phi) is 5.30. The Morgan fingerprint density at radius 3 is 2.95 bits per heavy atom. The summed E-state index contributed by atoms with van der Waals surface area (Å²) in [5.41, 5.74) is 0. The van der Waals surface area contributed by atoms with E-state index in [2.05, 4.69) is 10.2 Å². The van der Waals surface area contributed by atoms with Crippen LogP contribution in [0.3, 0.4) is 0 Å². The number of ether oxygens (including phenoxy) is 1. The molecule has 9 heteroatoms. The van der Waals surface area contributed by atoms with E-state index in [1.54, 1.807) is 23.2 Å². The van der Waals surface area contributed by atoms with Gasteiger partial charge < -0.3 is 9.64 Å². The number of sulfonamides is 1. The quantitative estimate of drug-likeness (QED) is 0.739. The van der Waals surface area contributed by atoms with Crippen molar-refractivity contribution in [2.24, 2.45) is 0 Å². The highest BCUT2D eigenvalue weighted by molar-refractivity contribution is 7.88. The number of hydrogen-bond acceptors (Lipinski definition) is 6. The van der Waals surface area contributed by atoms with Crippen molar-refractivity contribution in [3.8, 4) is 5.88 Å². The van der Waals surface area contributed by atoms with Crippen LogP contribution >= 0.6 is 0 Å². The summed E-state index contributed by atoms with van der Waals surface area (Å²) in [6.07, 6.45) is 4.11. The van der Waals surface area contributed by atoms with Crippen LogP contribution in [0, 0.1) is 0 Å². The van der Waals surface area contributed by atoms with Gasteiger partial charge in [-0.3, -0.25) is 4.79 Å². The van der Waals surface area contributed by atoms with Crippen molar-refractivity contribution in [1.82, 2.24) is 19.4 Å². The number of carbonyl (C=O) groups is 1. The maximum atomic E-state index is 12.2. The van der Waals surface area contributed by atoms with Crippen LogP contribution in [0.4, 0.5) is 0 Å². The topological polar surface area (TPSA) is 92.7 Å². The van der Waals surface area contributed by atoms with E-state index >= 15 is 0 Å². The number of likely N-dealkylation sites (N-methyl/N-ethyl adjacent to an activating group) is 1. The van der Waals surface area contributed by atoms with E-state index in [1.807, 2.05) is 0 Å². The minimum absolute atomic E-state index is 0.155. The van der Waals surface area contributed by atoms with Crippen LogP contribution in [-0.2, 0) is 14.8 Å². The number of rotatable bonds is 5.